The fraction of sp³-hybridized carbons (Fsp3) is 0.364. The molecule has 27 heavy (non-hydrogen) atoms. The Morgan fingerprint density at radius 2 is 1.74 bits per heavy atom. The average Bonchev–Trinajstić information content (AvgIpc) is 2.70. The van der Waals surface area contributed by atoms with E-state index in [1.165, 1.54) is 5.56 Å². The number of rotatable bonds is 4. The first-order valence-electron chi connectivity index (χ1n) is 9.30. The number of amides is 2. The van der Waals surface area contributed by atoms with E-state index in [1.54, 1.807) is 19.2 Å². The van der Waals surface area contributed by atoms with Gasteiger partial charge in [0.15, 0.2) is 0 Å². The molecule has 0 radical (unpaired) electrons. The van der Waals surface area contributed by atoms with Crippen molar-refractivity contribution in [3.8, 4) is 5.75 Å². The standard InChI is InChI=1S/C22H26N2O3/c1-15-8-9-17(14-16(15)2)22(26)24-12-10-18(11-13-24)23-21(25)19-6-4-5-7-20(19)27-3/h4-9,14,18H,10-13H2,1-3H3,(H,23,25). The van der Waals surface area contributed by atoms with Crippen LogP contribution in [0.5, 0.6) is 5.75 Å². The van der Waals surface area contributed by atoms with Gasteiger partial charge in [0, 0.05) is 24.7 Å². The van der Waals surface area contributed by atoms with E-state index in [2.05, 4.69) is 5.32 Å². The summed E-state index contributed by atoms with van der Waals surface area (Å²) >= 11 is 0. The highest BCUT2D eigenvalue weighted by Gasteiger charge is 2.25. The average molecular weight is 366 g/mol. The molecule has 0 atom stereocenters. The van der Waals surface area contributed by atoms with Gasteiger partial charge in [-0.2, -0.15) is 0 Å². The predicted octanol–water partition coefficient (Wildman–Crippen LogP) is 3.35. The number of piperidine rings is 1. The SMILES string of the molecule is COc1ccccc1C(=O)NC1CCN(C(=O)c2ccc(C)c(C)c2)CC1. The molecule has 1 N–H and O–H groups in total. The van der Waals surface area contributed by atoms with Crippen LogP contribution in [0, 0.1) is 13.8 Å². The van der Waals surface area contributed by atoms with Gasteiger partial charge < -0.3 is 15.0 Å². The molecule has 0 spiro atoms. The molecule has 1 heterocycles. The second-order valence-corrected chi connectivity index (χ2v) is 7.04. The molecule has 1 saturated heterocycles. The highest BCUT2D eigenvalue weighted by Crippen LogP contribution is 2.20. The molecule has 2 aromatic carbocycles. The minimum atomic E-state index is -0.133. The predicted molar refractivity (Wildman–Crippen MR) is 105 cm³/mol. The molecule has 1 fully saturated rings. The molecule has 0 aromatic heterocycles. The van der Waals surface area contributed by atoms with Crippen molar-refractivity contribution in [2.75, 3.05) is 20.2 Å². The Kier molecular flexibility index (Phi) is 5.79. The van der Waals surface area contributed by atoms with Crippen LogP contribution in [-0.2, 0) is 0 Å². The Balaban J connectivity index is 1.58. The van der Waals surface area contributed by atoms with Crippen LogP contribution in [-0.4, -0.2) is 43.0 Å². The monoisotopic (exact) mass is 366 g/mol. The Bertz CT molecular complexity index is 839. The molecule has 0 saturated carbocycles. The lowest BCUT2D eigenvalue weighted by molar-refractivity contribution is 0.0698. The maximum atomic E-state index is 12.7. The maximum Gasteiger partial charge on any atom is 0.255 e. The third-order valence-corrected chi connectivity index (χ3v) is 5.22. The Labute approximate surface area is 160 Å². The Hall–Kier alpha value is -2.82. The first-order valence-corrected chi connectivity index (χ1v) is 9.30. The van der Waals surface area contributed by atoms with Gasteiger partial charge in [-0.15, -0.1) is 0 Å². The number of hydrogen-bond acceptors (Lipinski definition) is 3. The highest BCUT2D eigenvalue weighted by atomic mass is 16.5. The molecular weight excluding hydrogens is 340 g/mol. The lowest BCUT2D eigenvalue weighted by atomic mass is 10.0. The van der Waals surface area contributed by atoms with Crippen molar-refractivity contribution in [3.05, 3.63) is 64.7 Å². The summed E-state index contributed by atoms with van der Waals surface area (Å²) in [5, 5.41) is 3.07. The van der Waals surface area contributed by atoms with Crippen molar-refractivity contribution < 1.29 is 14.3 Å². The van der Waals surface area contributed by atoms with Gasteiger partial charge in [-0.25, -0.2) is 0 Å². The smallest absolute Gasteiger partial charge is 0.255 e. The Morgan fingerprint density at radius 3 is 2.41 bits per heavy atom. The molecule has 2 aromatic rings. The molecule has 142 valence electrons. The molecule has 3 rings (SSSR count). The van der Waals surface area contributed by atoms with Crippen molar-refractivity contribution >= 4 is 11.8 Å². The number of likely N-dealkylation sites (tertiary alicyclic amines) is 1. The van der Waals surface area contributed by atoms with Gasteiger partial charge in [-0.1, -0.05) is 18.2 Å². The molecule has 0 aliphatic carbocycles. The summed E-state index contributed by atoms with van der Waals surface area (Å²) in [6.07, 6.45) is 1.49. The van der Waals surface area contributed by atoms with Crippen LogP contribution >= 0.6 is 0 Å². The van der Waals surface area contributed by atoms with Crippen molar-refractivity contribution in [2.24, 2.45) is 0 Å². The molecule has 1 aliphatic rings. The van der Waals surface area contributed by atoms with Gasteiger partial charge in [-0.05, 0) is 62.1 Å². The lowest BCUT2D eigenvalue weighted by Gasteiger charge is -2.32. The van der Waals surface area contributed by atoms with E-state index in [0.717, 1.165) is 24.0 Å². The summed E-state index contributed by atoms with van der Waals surface area (Å²) in [5.41, 5.74) is 3.58. The zero-order valence-corrected chi connectivity index (χ0v) is 16.1. The third kappa shape index (κ3) is 4.30. The van der Waals surface area contributed by atoms with E-state index in [-0.39, 0.29) is 17.9 Å². The van der Waals surface area contributed by atoms with Gasteiger partial charge in [0.2, 0.25) is 0 Å². The molecule has 1 aliphatic heterocycles. The molecular formula is C22H26N2O3. The normalized spacial score (nSPS) is 14.7. The van der Waals surface area contributed by atoms with Gasteiger partial charge in [0.25, 0.3) is 11.8 Å². The number of methoxy groups -OCH3 is 1. The summed E-state index contributed by atoms with van der Waals surface area (Å²) < 4.78 is 5.26. The van der Waals surface area contributed by atoms with Crippen LogP contribution in [0.25, 0.3) is 0 Å². The Morgan fingerprint density at radius 1 is 1.04 bits per heavy atom. The number of nitrogens with one attached hydrogen (secondary N) is 1. The zero-order chi connectivity index (χ0) is 19.4. The molecule has 0 unspecified atom stereocenters. The van der Waals surface area contributed by atoms with Crippen LogP contribution in [0.4, 0.5) is 0 Å². The van der Waals surface area contributed by atoms with Crippen molar-refractivity contribution in [2.45, 2.75) is 32.7 Å². The van der Waals surface area contributed by atoms with Crippen LogP contribution < -0.4 is 10.1 Å². The maximum absolute atomic E-state index is 12.7. The number of nitrogens with zero attached hydrogens (tertiary/aromatic N) is 1. The van der Waals surface area contributed by atoms with Crippen LogP contribution in [0.2, 0.25) is 0 Å². The lowest BCUT2D eigenvalue weighted by Crippen LogP contribution is -2.46. The van der Waals surface area contributed by atoms with E-state index in [1.807, 2.05) is 49.1 Å². The van der Waals surface area contributed by atoms with E-state index in [9.17, 15) is 9.59 Å². The number of hydrogen-bond donors (Lipinski definition) is 1. The van der Waals surface area contributed by atoms with Gasteiger partial charge >= 0.3 is 0 Å². The minimum Gasteiger partial charge on any atom is -0.496 e. The summed E-state index contributed by atoms with van der Waals surface area (Å²) in [7, 11) is 1.56. The second-order valence-electron chi connectivity index (χ2n) is 7.04. The fourth-order valence-electron chi connectivity index (χ4n) is 3.38. The van der Waals surface area contributed by atoms with Crippen molar-refractivity contribution in [1.82, 2.24) is 10.2 Å². The number of benzene rings is 2. The summed E-state index contributed by atoms with van der Waals surface area (Å²) in [6.45, 7) is 5.34. The van der Waals surface area contributed by atoms with Gasteiger partial charge in [-0.3, -0.25) is 9.59 Å². The molecule has 2 amide bonds. The first-order chi connectivity index (χ1) is 13.0. The summed E-state index contributed by atoms with van der Waals surface area (Å²) in [5.74, 6) is 0.497. The number of carbonyl (C=O) groups excluding carboxylic acids is 2. The zero-order valence-electron chi connectivity index (χ0n) is 16.1. The number of aryl methyl sites for hydroxylation is 2. The van der Waals surface area contributed by atoms with E-state index < -0.39 is 0 Å². The number of para-hydroxylation sites is 1. The van der Waals surface area contributed by atoms with Gasteiger partial charge in [0.05, 0.1) is 12.7 Å². The fourth-order valence-corrected chi connectivity index (χ4v) is 3.38. The molecule has 5 nitrogen and oxygen atoms in total. The van der Waals surface area contributed by atoms with E-state index in [0.29, 0.717) is 24.4 Å². The quantitative estimate of drug-likeness (QED) is 0.903. The minimum absolute atomic E-state index is 0.0613. The van der Waals surface area contributed by atoms with Crippen LogP contribution in [0.3, 0.4) is 0 Å². The first kappa shape index (κ1) is 19.0. The topological polar surface area (TPSA) is 58.6 Å². The van der Waals surface area contributed by atoms with Crippen molar-refractivity contribution in [1.29, 1.82) is 0 Å². The highest BCUT2D eigenvalue weighted by molar-refractivity contribution is 5.97. The second kappa shape index (κ2) is 8.25. The van der Waals surface area contributed by atoms with Crippen LogP contribution in [0.1, 0.15) is 44.7 Å². The van der Waals surface area contributed by atoms with E-state index in [4.69, 9.17) is 4.74 Å². The van der Waals surface area contributed by atoms with Gasteiger partial charge in [0.1, 0.15) is 5.75 Å². The number of ether oxygens (including phenoxy) is 1. The summed E-state index contributed by atoms with van der Waals surface area (Å²) in [6, 6.07) is 13.1. The van der Waals surface area contributed by atoms with Crippen molar-refractivity contribution in [3.63, 3.8) is 0 Å². The largest absolute Gasteiger partial charge is 0.496 e. The van der Waals surface area contributed by atoms with Crippen LogP contribution in [0.15, 0.2) is 42.5 Å². The molecule has 5 heteroatoms. The molecule has 0 bridgehead atoms. The number of carbonyl (C=O) groups is 2. The van der Waals surface area contributed by atoms with E-state index >= 15 is 0 Å². The third-order valence-electron chi connectivity index (χ3n) is 5.22. The summed E-state index contributed by atoms with van der Waals surface area (Å²) in [4.78, 5) is 27.1.